The monoisotopic (exact) mass is 291 g/mol. The van der Waals surface area contributed by atoms with Crippen LogP contribution in [-0.4, -0.2) is 50.3 Å². The van der Waals surface area contributed by atoms with Gasteiger partial charge < -0.3 is 15.4 Å². The zero-order valence-corrected chi connectivity index (χ0v) is 13.8. The van der Waals surface area contributed by atoms with Gasteiger partial charge >= 0.3 is 0 Å². The maximum Gasteiger partial charge on any atom is 0.119 e. The second-order valence-corrected chi connectivity index (χ2v) is 6.39. The van der Waals surface area contributed by atoms with E-state index in [2.05, 4.69) is 42.7 Å². The van der Waals surface area contributed by atoms with E-state index in [4.69, 9.17) is 10.5 Å². The summed E-state index contributed by atoms with van der Waals surface area (Å²) < 4.78 is 5.22. The van der Waals surface area contributed by atoms with Crippen LogP contribution in [-0.2, 0) is 0 Å². The summed E-state index contributed by atoms with van der Waals surface area (Å²) in [6.07, 6.45) is 0. The first-order valence-corrected chi connectivity index (χ1v) is 7.85. The molecule has 4 nitrogen and oxygen atoms in total. The molecule has 0 saturated carbocycles. The van der Waals surface area contributed by atoms with Crippen LogP contribution in [0.25, 0.3) is 0 Å². The van der Waals surface area contributed by atoms with Gasteiger partial charge in [-0.15, -0.1) is 0 Å². The number of anilines is 1. The Morgan fingerprint density at radius 1 is 1.14 bits per heavy atom. The summed E-state index contributed by atoms with van der Waals surface area (Å²) in [7, 11) is 1.70. The van der Waals surface area contributed by atoms with Gasteiger partial charge in [-0.3, -0.25) is 4.90 Å². The molecule has 2 rings (SSSR count). The minimum absolute atomic E-state index is 0.103. The van der Waals surface area contributed by atoms with E-state index in [1.54, 1.807) is 7.11 Å². The Balaban J connectivity index is 1.99. The lowest BCUT2D eigenvalue weighted by Crippen LogP contribution is -2.61. The number of methoxy groups -OCH3 is 1. The van der Waals surface area contributed by atoms with Crippen molar-refractivity contribution in [2.24, 2.45) is 11.7 Å². The average molecular weight is 291 g/mol. The Morgan fingerprint density at radius 3 is 2.14 bits per heavy atom. The molecule has 0 spiro atoms. The van der Waals surface area contributed by atoms with Crippen LogP contribution < -0.4 is 15.4 Å². The topological polar surface area (TPSA) is 41.7 Å². The third-order valence-electron chi connectivity index (χ3n) is 5.10. The molecular weight excluding hydrogens is 262 g/mol. The lowest BCUT2D eigenvalue weighted by Gasteiger charge is -2.48. The average Bonchev–Trinajstić information content (AvgIpc) is 2.54. The highest BCUT2D eigenvalue weighted by Gasteiger charge is 2.35. The van der Waals surface area contributed by atoms with Crippen LogP contribution in [0.2, 0.25) is 0 Å². The highest BCUT2D eigenvalue weighted by molar-refractivity contribution is 5.49. The van der Waals surface area contributed by atoms with E-state index in [0.29, 0.717) is 12.5 Å². The molecule has 21 heavy (non-hydrogen) atoms. The summed E-state index contributed by atoms with van der Waals surface area (Å²) in [5, 5.41) is 0. The number of benzene rings is 1. The molecule has 0 aliphatic carbocycles. The summed E-state index contributed by atoms with van der Waals surface area (Å²) >= 11 is 0. The van der Waals surface area contributed by atoms with Crippen molar-refractivity contribution in [1.82, 2.24) is 4.90 Å². The summed E-state index contributed by atoms with van der Waals surface area (Å²) in [4.78, 5) is 4.99. The first kappa shape index (κ1) is 16.1. The fourth-order valence-electron chi connectivity index (χ4n) is 3.00. The summed E-state index contributed by atoms with van der Waals surface area (Å²) in [6.45, 7) is 11.8. The molecule has 2 N–H and O–H groups in total. The number of hydrogen-bond acceptors (Lipinski definition) is 4. The van der Waals surface area contributed by atoms with Crippen molar-refractivity contribution in [2.75, 3.05) is 44.7 Å². The van der Waals surface area contributed by atoms with Crippen LogP contribution in [0, 0.1) is 5.92 Å². The van der Waals surface area contributed by atoms with Crippen molar-refractivity contribution < 1.29 is 4.74 Å². The smallest absolute Gasteiger partial charge is 0.119 e. The SMILES string of the molecule is COc1ccc(N2CCN(C(C)(CN)C(C)C)CC2)cc1. The fourth-order valence-corrected chi connectivity index (χ4v) is 3.00. The van der Waals surface area contributed by atoms with E-state index in [0.717, 1.165) is 31.9 Å². The largest absolute Gasteiger partial charge is 0.497 e. The maximum absolute atomic E-state index is 6.05. The van der Waals surface area contributed by atoms with Crippen molar-refractivity contribution in [3.63, 3.8) is 0 Å². The molecule has 1 aromatic rings. The van der Waals surface area contributed by atoms with Crippen LogP contribution in [0.5, 0.6) is 5.75 Å². The van der Waals surface area contributed by atoms with Gasteiger partial charge in [-0.05, 0) is 37.1 Å². The maximum atomic E-state index is 6.05. The third-order valence-corrected chi connectivity index (χ3v) is 5.10. The van der Waals surface area contributed by atoms with Crippen LogP contribution in [0.4, 0.5) is 5.69 Å². The van der Waals surface area contributed by atoms with Crippen molar-refractivity contribution in [1.29, 1.82) is 0 Å². The van der Waals surface area contributed by atoms with Gasteiger partial charge in [-0.2, -0.15) is 0 Å². The van der Waals surface area contributed by atoms with Gasteiger partial charge in [-0.25, -0.2) is 0 Å². The Morgan fingerprint density at radius 2 is 1.71 bits per heavy atom. The standard InChI is InChI=1S/C17H29N3O/c1-14(2)17(3,13-18)20-11-9-19(10-12-20)15-5-7-16(21-4)8-6-15/h5-8,14H,9-13,18H2,1-4H3. The number of nitrogens with zero attached hydrogens (tertiary/aromatic N) is 2. The molecule has 0 radical (unpaired) electrons. The molecule has 1 heterocycles. The van der Waals surface area contributed by atoms with E-state index in [-0.39, 0.29) is 5.54 Å². The molecule has 0 aromatic heterocycles. The van der Waals surface area contributed by atoms with Crippen LogP contribution in [0.15, 0.2) is 24.3 Å². The minimum atomic E-state index is 0.103. The van der Waals surface area contributed by atoms with E-state index in [1.165, 1.54) is 5.69 Å². The molecule has 4 heteroatoms. The van der Waals surface area contributed by atoms with Gasteiger partial charge in [0.1, 0.15) is 5.75 Å². The minimum Gasteiger partial charge on any atom is -0.497 e. The van der Waals surface area contributed by atoms with Gasteiger partial charge in [0, 0.05) is 44.0 Å². The Hall–Kier alpha value is -1.26. The third kappa shape index (κ3) is 3.33. The Kier molecular flexibility index (Phi) is 5.12. The van der Waals surface area contributed by atoms with Crippen molar-refractivity contribution in [3.8, 4) is 5.75 Å². The van der Waals surface area contributed by atoms with E-state index in [1.807, 2.05) is 12.1 Å². The first-order valence-electron chi connectivity index (χ1n) is 7.85. The fraction of sp³-hybridized carbons (Fsp3) is 0.647. The van der Waals surface area contributed by atoms with E-state index < -0.39 is 0 Å². The number of nitrogens with two attached hydrogens (primary N) is 1. The normalized spacial score (nSPS) is 19.6. The number of ether oxygens (including phenoxy) is 1. The van der Waals surface area contributed by atoms with Crippen molar-refractivity contribution in [2.45, 2.75) is 26.3 Å². The van der Waals surface area contributed by atoms with Gasteiger partial charge in [0.2, 0.25) is 0 Å². The van der Waals surface area contributed by atoms with Gasteiger partial charge in [0.25, 0.3) is 0 Å². The van der Waals surface area contributed by atoms with Crippen LogP contribution in [0.1, 0.15) is 20.8 Å². The molecule has 1 aromatic carbocycles. The number of rotatable bonds is 5. The summed E-state index contributed by atoms with van der Waals surface area (Å²) in [5.74, 6) is 1.47. The second-order valence-electron chi connectivity index (χ2n) is 6.39. The van der Waals surface area contributed by atoms with Crippen molar-refractivity contribution >= 4 is 5.69 Å². The molecule has 0 amide bonds. The zero-order valence-electron chi connectivity index (χ0n) is 13.8. The quantitative estimate of drug-likeness (QED) is 0.903. The zero-order chi connectivity index (χ0) is 15.5. The summed E-state index contributed by atoms with van der Waals surface area (Å²) in [5.41, 5.74) is 7.42. The van der Waals surface area contributed by atoms with E-state index in [9.17, 15) is 0 Å². The van der Waals surface area contributed by atoms with Gasteiger partial charge in [-0.1, -0.05) is 13.8 Å². The number of piperazine rings is 1. The molecule has 1 aliphatic heterocycles. The predicted octanol–water partition coefficient (Wildman–Crippen LogP) is 2.19. The Bertz CT molecular complexity index is 438. The molecular formula is C17H29N3O. The lowest BCUT2D eigenvalue weighted by atomic mass is 9.86. The molecule has 0 bridgehead atoms. The molecule has 118 valence electrons. The molecule has 1 aliphatic rings. The molecule has 1 unspecified atom stereocenters. The predicted molar refractivity (Wildman–Crippen MR) is 89.1 cm³/mol. The van der Waals surface area contributed by atoms with Crippen LogP contribution >= 0.6 is 0 Å². The van der Waals surface area contributed by atoms with Crippen LogP contribution in [0.3, 0.4) is 0 Å². The lowest BCUT2D eigenvalue weighted by molar-refractivity contribution is 0.0616. The highest BCUT2D eigenvalue weighted by Crippen LogP contribution is 2.27. The number of hydrogen-bond donors (Lipinski definition) is 1. The van der Waals surface area contributed by atoms with Gasteiger partial charge in [0.05, 0.1) is 7.11 Å². The highest BCUT2D eigenvalue weighted by atomic mass is 16.5. The van der Waals surface area contributed by atoms with Crippen molar-refractivity contribution in [3.05, 3.63) is 24.3 Å². The first-order chi connectivity index (χ1) is 10.0. The van der Waals surface area contributed by atoms with Gasteiger partial charge in [0.15, 0.2) is 0 Å². The molecule has 1 atom stereocenters. The molecule has 1 fully saturated rings. The van der Waals surface area contributed by atoms with E-state index >= 15 is 0 Å². The molecule has 1 saturated heterocycles. The Labute approximate surface area is 128 Å². The summed E-state index contributed by atoms with van der Waals surface area (Å²) in [6, 6.07) is 8.33. The second kappa shape index (κ2) is 6.67.